The fourth-order valence-corrected chi connectivity index (χ4v) is 6.77. The number of fused-ring (bicyclic) bond motifs is 1. The van der Waals surface area contributed by atoms with Crippen LogP contribution in [-0.4, -0.2) is 11.5 Å². The van der Waals surface area contributed by atoms with Crippen molar-refractivity contribution in [1.29, 1.82) is 0 Å². The van der Waals surface area contributed by atoms with Gasteiger partial charge in [-0.05, 0) is 78.2 Å². The largest absolute Gasteiger partial charge is 0.228 e. The van der Waals surface area contributed by atoms with Crippen molar-refractivity contribution in [3.05, 3.63) is 174 Å². The second kappa shape index (κ2) is 13.9. The Hall–Kier alpha value is -4.82. The van der Waals surface area contributed by atoms with Crippen molar-refractivity contribution < 1.29 is 0 Å². The molecule has 2 heteroatoms. The van der Waals surface area contributed by atoms with E-state index in [0.717, 1.165) is 66.1 Å². The molecule has 6 rings (SSSR count). The quantitative estimate of drug-likeness (QED) is 0.223. The van der Waals surface area contributed by atoms with Crippen LogP contribution in [0.25, 0.3) is 16.5 Å². The predicted molar refractivity (Wildman–Crippen MR) is 195 cm³/mol. The summed E-state index contributed by atoms with van der Waals surface area (Å²) in [6.45, 7) is 13.4. The molecule has 0 saturated heterocycles. The Morgan fingerprint density at radius 3 is 2.40 bits per heavy atom. The summed E-state index contributed by atoms with van der Waals surface area (Å²) < 4.78 is 0. The van der Waals surface area contributed by atoms with Gasteiger partial charge in [0.1, 0.15) is 0 Å². The maximum absolute atomic E-state index is 5.23. The van der Waals surface area contributed by atoms with Crippen LogP contribution in [0, 0.1) is 5.92 Å². The van der Waals surface area contributed by atoms with E-state index in [1.807, 2.05) is 6.07 Å². The second-order valence-electron chi connectivity index (χ2n) is 12.0. The molecular formula is C43H42N2. The molecule has 0 saturated carbocycles. The zero-order valence-corrected chi connectivity index (χ0v) is 26.5. The van der Waals surface area contributed by atoms with E-state index in [4.69, 9.17) is 9.98 Å². The van der Waals surface area contributed by atoms with E-state index in [1.165, 1.54) is 33.1 Å². The minimum absolute atomic E-state index is 0.205. The van der Waals surface area contributed by atoms with Gasteiger partial charge >= 0.3 is 0 Å². The second-order valence-corrected chi connectivity index (χ2v) is 12.0. The Labute approximate surface area is 268 Å². The summed E-state index contributed by atoms with van der Waals surface area (Å²) in [6, 6.07) is 25.8. The Bertz CT molecular complexity index is 1860. The number of aliphatic imine (C=N–C) groups is 2. The molecule has 2 aliphatic carbocycles. The van der Waals surface area contributed by atoms with Gasteiger partial charge in [0.2, 0.25) is 0 Å². The highest BCUT2D eigenvalue weighted by Gasteiger charge is 2.29. The number of benzene rings is 3. The van der Waals surface area contributed by atoms with Crippen molar-refractivity contribution in [2.75, 3.05) is 0 Å². The maximum Gasteiger partial charge on any atom is 0.156 e. The summed E-state index contributed by atoms with van der Waals surface area (Å²) in [5.41, 5.74) is 10.2. The van der Waals surface area contributed by atoms with Gasteiger partial charge in [0.05, 0.1) is 11.4 Å². The number of allylic oxidation sites excluding steroid dienone is 12. The van der Waals surface area contributed by atoms with Crippen molar-refractivity contribution in [1.82, 2.24) is 0 Å². The third-order valence-electron chi connectivity index (χ3n) is 9.15. The molecule has 0 bridgehead atoms. The fourth-order valence-electron chi connectivity index (χ4n) is 6.77. The molecule has 0 N–H and O–H groups in total. The average molecular weight is 587 g/mol. The van der Waals surface area contributed by atoms with Gasteiger partial charge in [0, 0.05) is 17.4 Å². The molecule has 0 fully saturated rings. The van der Waals surface area contributed by atoms with Crippen molar-refractivity contribution in [2.45, 2.75) is 51.9 Å². The lowest BCUT2D eigenvalue weighted by molar-refractivity contribution is 0.591. The van der Waals surface area contributed by atoms with Crippen LogP contribution in [0.3, 0.4) is 0 Å². The molecule has 45 heavy (non-hydrogen) atoms. The SMILES string of the molecule is C=C1C=C(c2ccccc2)N=C(C2=CC=C(C(C(=C)CC)C(/C=C\C)c3cccc4ccccc34)CC2)N=C1C1=CC=CCC1. The lowest BCUT2D eigenvalue weighted by atomic mass is 9.72. The van der Waals surface area contributed by atoms with Gasteiger partial charge in [-0.2, -0.15) is 0 Å². The van der Waals surface area contributed by atoms with Crippen LogP contribution in [0.2, 0.25) is 0 Å². The lowest BCUT2D eigenvalue weighted by Crippen LogP contribution is -2.19. The highest BCUT2D eigenvalue weighted by atomic mass is 14.9. The summed E-state index contributed by atoms with van der Waals surface area (Å²) in [5.74, 6) is 1.20. The molecule has 1 aliphatic heterocycles. The van der Waals surface area contributed by atoms with Crippen LogP contribution in [0.4, 0.5) is 0 Å². The fraction of sp³-hybridized carbons (Fsp3) is 0.209. The van der Waals surface area contributed by atoms with Crippen LogP contribution in [-0.2, 0) is 0 Å². The highest BCUT2D eigenvalue weighted by Crippen LogP contribution is 2.43. The predicted octanol–water partition coefficient (Wildman–Crippen LogP) is 11.5. The smallest absolute Gasteiger partial charge is 0.156 e. The van der Waals surface area contributed by atoms with Gasteiger partial charge in [0.25, 0.3) is 0 Å². The van der Waals surface area contributed by atoms with Crippen molar-refractivity contribution >= 4 is 28.0 Å². The van der Waals surface area contributed by atoms with Gasteiger partial charge in [-0.3, -0.25) is 0 Å². The number of rotatable bonds is 9. The molecule has 0 radical (unpaired) electrons. The van der Waals surface area contributed by atoms with Gasteiger partial charge in [-0.15, -0.1) is 0 Å². The molecule has 2 unspecified atom stereocenters. The molecule has 2 nitrogen and oxygen atoms in total. The Balaban J connectivity index is 1.42. The minimum Gasteiger partial charge on any atom is -0.228 e. The van der Waals surface area contributed by atoms with Gasteiger partial charge < -0.3 is 0 Å². The Kier molecular flexibility index (Phi) is 9.31. The standard InChI is InChI=1S/C43H42N2/c1-5-16-39(38-24-15-22-32-17-13-14-23-37(32)38)41(30(3)6-2)34-25-27-36(28-26-34)43-44-40(33-18-9-7-10-19-33)29-31(4)42(45-43)35-20-11-8-12-21-35/h5,7-11,13-20,22-25,27,29,39,41H,3-4,6,12,21,26,28H2,1-2H3/b16-5-. The summed E-state index contributed by atoms with van der Waals surface area (Å²) >= 11 is 0. The molecule has 1 heterocycles. The normalized spacial score (nSPS) is 18.3. The van der Waals surface area contributed by atoms with Gasteiger partial charge in [-0.25, -0.2) is 9.98 Å². The molecular weight excluding hydrogens is 544 g/mol. The zero-order chi connectivity index (χ0) is 31.2. The summed E-state index contributed by atoms with van der Waals surface area (Å²) in [7, 11) is 0. The van der Waals surface area contributed by atoms with Crippen molar-refractivity contribution in [2.24, 2.45) is 15.9 Å². The van der Waals surface area contributed by atoms with E-state index in [9.17, 15) is 0 Å². The molecule has 0 spiro atoms. The van der Waals surface area contributed by atoms with Crippen LogP contribution in [0.15, 0.2) is 172 Å². The average Bonchev–Trinajstić information content (AvgIpc) is 3.27. The first-order valence-corrected chi connectivity index (χ1v) is 16.2. The molecule has 0 aromatic heterocycles. The van der Waals surface area contributed by atoms with E-state index in [1.54, 1.807) is 0 Å². The zero-order valence-electron chi connectivity index (χ0n) is 26.5. The first-order chi connectivity index (χ1) is 22.1. The molecule has 3 aromatic rings. The van der Waals surface area contributed by atoms with Crippen LogP contribution in [0.5, 0.6) is 0 Å². The number of hydrogen-bond donors (Lipinski definition) is 0. The van der Waals surface area contributed by atoms with Crippen molar-refractivity contribution in [3.63, 3.8) is 0 Å². The van der Waals surface area contributed by atoms with E-state index in [0.29, 0.717) is 0 Å². The summed E-state index contributed by atoms with van der Waals surface area (Å²) in [6.07, 6.45) is 22.5. The molecule has 224 valence electrons. The summed E-state index contributed by atoms with van der Waals surface area (Å²) in [5, 5.41) is 2.59. The summed E-state index contributed by atoms with van der Waals surface area (Å²) in [4.78, 5) is 10.4. The molecule has 3 aromatic carbocycles. The topological polar surface area (TPSA) is 24.7 Å². The first kappa shape index (κ1) is 30.2. The first-order valence-electron chi connectivity index (χ1n) is 16.2. The van der Waals surface area contributed by atoms with Gasteiger partial charge in [0.15, 0.2) is 5.84 Å². The minimum atomic E-state index is 0.205. The van der Waals surface area contributed by atoms with Crippen LogP contribution in [0.1, 0.15) is 63.0 Å². The van der Waals surface area contributed by atoms with E-state index < -0.39 is 0 Å². The number of hydrogen-bond acceptors (Lipinski definition) is 2. The molecule has 0 amide bonds. The van der Waals surface area contributed by atoms with Crippen molar-refractivity contribution in [3.8, 4) is 0 Å². The Morgan fingerprint density at radius 2 is 1.67 bits per heavy atom. The molecule has 2 atom stereocenters. The monoisotopic (exact) mass is 586 g/mol. The van der Waals surface area contributed by atoms with Gasteiger partial charge in [-0.1, -0.05) is 147 Å². The maximum atomic E-state index is 5.23. The van der Waals surface area contributed by atoms with Crippen LogP contribution >= 0.6 is 0 Å². The highest BCUT2D eigenvalue weighted by molar-refractivity contribution is 6.22. The third-order valence-corrected chi connectivity index (χ3v) is 9.15. The third kappa shape index (κ3) is 6.51. The number of nitrogens with zero attached hydrogens (tertiary/aromatic N) is 2. The Morgan fingerprint density at radius 1 is 0.867 bits per heavy atom. The number of amidine groups is 1. The molecule has 3 aliphatic rings. The lowest BCUT2D eigenvalue weighted by Gasteiger charge is -2.32. The van der Waals surface area contributed by atoms with E-state index >= 15 is 0 Å². The van der Waals surface area contributed by atoms with E-state index in [-0.39, 0.29) is 11.8 Å². The van der Waals surface area contributed by atoms with Crippen LogP contribution < -0.4 is 0 Å². The van der Waals surface area contributed by atoms with E-state index in [2.05, 4.69) is 142 Å².